The number of carbonyl (C=O) groups excluding carboxylic acids is 1. The molecule has 0 fully saturated rings. The number of carbonyl (C=O) groups is 1. The second-order valence-corrected chi connectivity index (χ2v) is 4.62. The summed E-state index contributed by atoms with van der Waals surface area (Å²) in [5, 5.41) is 2.88. The van der Waals surface area contributed by atoms with Crippen molar-refractivity contribution in [2.75, 3.05) is 11.9 Å². The molecule has 1 aliphatic rings. The van der Waals surface area contributed by atoms with E-state index in [1.54, 1.807) is 6.07 Å². The van der Waals surface area contributed by atoms with Gasteiger partial charge in [0.25, 0.3) is 0 Å². The molecule has 0 bridgehead atoms. The van der Waals surface area contributed by atoms with Crippen LogP contribution in [0.25, 0.3) is 0 Å². The Morgan fingerprint density at radius 3 is 2.95 bits per heavy atom. The molecule has 3 nitrogen and oxygen atoms in total. The van der Waals surface area contributed by atoms with Crippen molar-refractivity contribution < 1.29 is 9.53 Å². The third-order valence-corrected chi connectivity index (χ3v) is 3.31. The third-order valence-electron chi connectivity index (χ3n) is 3.31. The SMILES string of the molecule is C#Cc1cccc(NC(=O)C2COc3ccccc32)c1. The lowest BCUT2D eigenvalue weighted by molar-refractivity contribution is -0.117. The fourth-order valence-corrected chi connectivity index (χ4v) is 2.30. The topological polar surface area (TPSA) is 38.3 Å². The van der Waals surface area contributed by atoms with E-state index in [2.05, 4.69) is 11.2 Å². The van der Waals surface area contributed by atoms with Crippen LogP contribution in [0.5, 0.6) is 5.75 Å². The van der Waals surface area contributed by atoms with Gasteiger partial charge in [-0.05, 0) is 24.3 Å². The number of anilines is 1. The zero-order valence-electron chi connectivity index (χ0n) is 10.8. The van der Waals surface area contributed by atoms with Gasteiger partial charge in [0.15, 0.2) is 0 Å². The summed E-state index contributed by atoms with van der Waals surface area (Å²) in [7, 11) is 0. The van der Waals surface area contributed by atoms with Gasteiger partial charge in [-0.2, -0.15) is 0 Å². The van der Waals surface area contributed by atoms with Crippen LogP contribution in [0.15, 0.2) is 48.5 Å². The minimum absolute atomic E-state index is 0.0795. The normalized spacial score (nSPS) is 15.8. The van der Waals surface area contributed by atoms with Gasteiger partial charge >= 0.3 is 0 Å². The van der Waals surface area contributed by atoms with E-state index in [4.69, 9.17) is 11.2 Å². The number of benzene rings is 2. The minimum Gasteiger partial charge on any atom is -0.492 e. The van der Waals surface area contributed by atoms with E-state index in [0.717, 1.165) is 16.9 Å². The molecule has 1 unspecified atom stereocenters. The van der Waals surface area contributed by atoms with Gasteiger partial charge < -0.3 is 10.1 Å². The molecule has 1 aliphatic heterocycles. The number of hydrogen-bond donors (Lipinski definition) is 1. The maximum Gasteiger partial charge on any atom is 0.235 e. The van der Waals surface area contributed by atoms with Crippen LogP contribution in [-0.2, 0) is 4.79 Å². The van der Waals surface area contributed by atoms with Crippen molar-refractivity contribution in [2.24, 2.45) is 0 Å². The van der Waals surface area contributed by atoms with Crippen LogP contribution in [0, 0.1) is 12.3 Å². The van der Waals surface area contributed by atoms with Gasteiger partial charge in [0, 0.05) is 16.8 Å². The number of ether oxygens (including phenoxy) is 1. The van der Waals surface area contributed by atoms with Crippen molar-refractivity contribution in [3.63, 3.8) is 0 Å². The molecule has 3 rings (SSSR count). The first-order chi connectivity index (χ1) is 9.78. The van der Waals surface area contributed by atoms with Crippen LogP contribution < -0.4 is 10.1 Å². The number of rotatable bonds is 2. The highest BCUT2D eigenvalue weighted by Gasteiger charge is 2.29. The predicted molar refractivity (Wildman–Crippen MR) is 77.7 cm³/mol. The molecule has 20 heavy (non-hydrogen) atoms. The van der Waals surface area contributed by atoms with Gasteiger partial charge in [-0.25, -0.2) is 0 Å². The molecule has 0 saturated heterocycles. The number of amides is 1. The van der Waals surface area contributed by atoms with E-state index < -0.39 is 0 Å². The Hall–Kier alpha value is -2.73. The Morgan fingerprint density at radius 1 is 1.25 bits per heavy atom. The molecule has 3 heteroatoms. The molecule has 0 radical (unpaired) electrons. The van der Waals surface area contributed by atoms with Crippen LogP contribution in [-0.4, -0.2) is 12.5 Å². The fourth-order valence-electron chi connectivity index (χ4n) is 2.30. The van der Waals surface area contributed by atoms with Crippen molar-refractivity contribution in [1.29, 1.82) is 0 Å². The summed E-state index contributed by atoms with van der Waals surface area (Å²) < 4.78 is 5.52. The lowest BCUT2D eigenvalue weighted by Crippen LogP contribution is -2.22. The molecular formula is C17H13NO2. The van der Waals surface area contributed by atoms with Gasteiger partial charge in [0.05, 0.1) is 0 Å². The number of terminal acetylenes is 1. The van der Waals surface area contributed by atoms with E-state index >= 15 is 0 Å². The highest BCUT2D eigenvalue weighted by atomic mass is 16.5. The predicted octanol–water partition coefficient (Wildman–Crippen LogP) is 2.78. The summed E-state index contributed by atoms with van der Waals surface area (Å²) >= 11 is 0. The van der Waals surface area contributed by atoms with E-state index in [1.165, 1.54) is 0 Å². The van der Waals surface area contributed by atoms with Crippen LogP contribution in [0.4, 0.5) is 5.69 Å². The summed E-state index contributed by atoms with van der Waals surface area (Å²) in [5.74, 6) is 2.98. The molecule has 0 aromatic heterocycles. The van der Waals surface area contributed by atoms with Crippen LogP contribution in [0.2, 0.25) is 0 Å². The van der Waals surface area contributed by atoms with Gasteiger partial charge in [-0.3, -0.25) is 4.79 Å². The van der Waals surface area contributed by atoms with Crippen molar-refractivity contribution in [2.45, 2.75) is 5.92 Å². The average Bonchev–Trinajstić information content (AvgIpc) is 2.91. The molecule has 1 N–H and O–H groups in total. The first kappa shape index (κ1) is 12.3. The molecule has 0 spiro atoms. The third kappa shape index (κ3) is 2.24. The van der Waals surface area contributed by atoms with Gasteiger partial charge in [-0.15, -0.1) is 6.42 Å². The molecule has 1 atom stereocenters. The van der Waals surface area contributed by atoms with E-state index in [1.807, 2.05) is 42.5 Å². The highest BCUT2D eigenvalue weighted by molar-refractivity contribution is 5.97. The lowest BCUT2D eigenvalue weighted by atomic mass is 10.0. The Morgan fingerprint density at radius 2 is 2.10 bits per heavy atom. The maximum atomic E-state index is 12.3. The number of hydrogen-bond acceptors (Lipinski definition) is 2. The smallest absolute Gasteiger partial charge is 0.235 e. The van der Waals surface area contributed by atoms with E-state index in [-0.39, 0.29) is 11.8 Å². The minimum atomic E-state index is -0.277. The standard InChI is InChI=1S/C17H13NO2/c1-2-12-6-5-7-13(10-12)18-17(19)15-11-20-16-9-4-3-8-14(15)16/h1,3-10,15H,11H2,(H,18,19). The van der Waals surface area contributed by atoms with Crippen molar-refractivity contribution >= 4 is 11.6 Å². The Kier molecular flexibility index (Phi) is 3.14. The largest absolute Gasteiger partial charge is 0.492 e. The van der Waals surface area contributed by atoms with Crippen molar-refractivity contribution in [3.8, 4) is 18.1 Å². The summed E-state index contributed by atoms with van der Waals surface area (Å²) in [5.41, 5.74) is 2.37. The monoisotopic (exact) mass is 263 g/mol. The van der Waals surface area contributed by atoms with Crippen LogP contribution in [0.3, 0.4) is 0 Å². The van der Waals surface area contributed by atoms with Crippen LogP contribution >= 0.6 is 0 Å². The van der Waals surface area contributed by atoms with E-state index in [9.17, 15) is 4.79 Å². The molecule has 0 aliphatic carbocycles. The van der Waals surface area contributed by atoms with Gasteiger partial charge in [-0.1, -0.05) is 30.2 Å². The zero-order valence-corrected chi connectivity index (χ0v) is 10.8. The maximum absolute atomic E-state index is 12.3. The lowest BCUT2D eigenvalue weighted by Gasteiger charge is -2.10. The quantitative estimate of drug-likeness (QED) is 0.846. The molecule has 1 heterocycles. The Labute approximate surface area is 117 Å². The molecule has 2 aromatic rings. The molecular weight excluding hydrogens is 250 g/mol. The number of nitrogens with one attached hydrogen (secondary N) is 1. The fraction of sp³-hybridized carbons (Fsp3) is 0.118. The van der Waals surface area contributed by atoms with E-state index in [0.29, 0.717) is 12.3 Å². The summed E-state index contributed by atoms with van der Waals surface area (Å²) in [6.07, 6.45) is 5.35. The second-order valence-electron chi connectivity index (χ2n) is 4.62. The summed E-state index contributed by atoms with van der Waals surface area (Å²) in [6.45, 7) is 0.375. The van der Waals surface area contributed by atoms with Gasteiger partial charge in [0.2, 0.25) is 5.91 Å². The zero-order chi connectivity index (χ0) is 13.9. The number of fused-ring (bicyclic) bond motifs is 1. The first-order valence-corrected chi connectivity index (χ1v) is 6.37. The second kappa shape index (κ2) is 5.10. The Balaban J connectivity index is 1.79. The molecule has 1 amide bonds. The Bertz CT molecular complexity index is 700. The molecule has 0 saturated carbocycles. The van der Waals surface area contributed by atoms with Crippen molar-refractivity contribution in [1.82, 2.24) is 0 Å². The van der Waals surface area contributed by atoms with Gasteiger partial charge in [0.1, 0.15) is 18.3 Å². The summed E-state index contributed by atoms with van der Waals surface area (Å²) in [4.78, 5) is 12.3. The van der Waals surface area contributed by atoms with Crippen molar-refractivity contribution in [3.05, 3.63) is 59.7 Å². The van der Waals surface area contributed by atoms with Crippen LogP contribution in [0.1, 0.15) is 17.0 Å². The first-order valence-electron chi connectivity index (χ1n) is 6.37. The number of para-hydroxylation sites is 1. The molecule has 98 valence electrons. The molecule has 2 aromatic carbocycles. The average molecular weight is 263 g/mol. The summed E-state index contributed by atoms with van der Waals surface area (Å²) in [6, 6.07) is 14.8. The highest BCUT2D eigenvalue weighted by Crippen LogP contribution is 2.34.